The third-order valence-electron chi connectivity index (χ3n) is 4.40. The number of carbonyl (C=O) groups is 2. The molecule has 1 aromatic heterocycles. The summed E-state index contributed by atoms with van der Waals surface area (Å²) in [7, 11) is 0. The topological polar surface area (TPSA) is 53.5 Å². The Morgan fingerprint density at radius 2 is 1.67 bits per heavy atom. The summed E-state index contributed by atoms with van der Waals surface area (Å²) in [6.45, 7) is 3.06. The van der Waals surface area contributed by atoms with E-state index in [0.717, 1.165) is 45.3 Å². The van der Waals surface area contributed by atoms with Crippen molar-refractivity contribution in [1.29, 1.82) is 0 Å². The highest BCUT2D eigenvalue weighted by atomic mass is 16.2. The zero-order chi connectivity index (χ0) is 14.7. The highest BCUT2D eigenvalue weighted by Crippen LogP contribution is 2.22. The molecule has 2 fully saturated rings. The van der Waals surface area contributed by atoms with E-state index in [1.807, 2.05) is 9.80 Å². The fraction of sp³-hybridized carbons (Fsp3) is 0.562. The first-order chi connectivity index (χ1) is 10.3. The lowest BCUT2D eigenvalue weighted by Gasteiger charge is -2.34. The van der Waals surface area contributed by atoms with E-state index in [2.05, 4.69) is 4.98 Å². The lowest BCUT2D eigenvalue weighted by Crippen LogP contribution is -2.46. The Morgan fingerprint density at radius 1 is 1.00 bits per heavy atom. The van der Waals surface area contributed by atoms with E-state index in [1.54, 1.807) is 24.5 Å². The second-order valence-corrected chi connectivity index (χ2v) is 5.86. The van der Waals surface area contributed by atoms with Crippen molar-refractivity contribution >= 4 is 11.8 Å². The minimum Gasteiger partial charge on any atom is -0.342 e. The summed E-state index contributed by atoms with van der Waals surface area (Å²) in [6, 6.07) is 3.46. The van der Waals surface area contributed by atoms with Gasteiger partial charge in [0.05, 0.1) is 5.92 Å². The smallest absolute Gasteiger partial charge is 0.253 e. The van der Waals surface area contributed by atoms with Gasteiger partial charge in [-0.25, -0.2) is 0 Å². The van der Waals surface area contributed by atoms with Crippen LogP contribution in [0.4, 0.5) is 0 Å². The SMILES string of the molecule is O=C(c1ccncc1)N1CCC[C@H](C(=O)N2CCCC2)C1. The van der Waals surface area contributed by atoms with Crippen LogP contribution in [0.15, 0.2) is 24.5 Å². The molecule has 112 valence electrons. The molecule has 0 aliphatic carbocycles. The molecule has 21 heavy (non-hydrogen) atoms. The lowest BCUT2D eigenvalue weighted by molar-refractivity contribution is -0.135. The molecule has 0 unspecified atom stereocenters. The van der Waals surface area contributed by atoms with Crippen molar-refractivity contribution in [3.05, 3.63) is 30.1 Å². The van der Waals surface area contributed by atoms with Crippen molar-refractivity contribution < 1.29 is 9.59 Å². The van der Waals surface area contributed by atoms with Gasteiger partial charge in [0.1, 0.15) is 0 Å². The summed E-state index contributed by atoms with van der Waals surface area (Å²) in [6.07, 6.45) is 7.28. The maximum absolute atomic E-state index is 12.5. The molecule has 0 N–H and O–H groups in total. The summed E-state index contributed by atoms with van der Waals surface area (Å²) >= 11 is 0. The summed E-state index contributed by atoms with van der Waals surface area (Å²) in [4.78, 5) is 32.7. The Labute approximate surface area is 124 Å². The van der Waals surface area contributed by atoms with Crippen LogP contribution in [-0.2, 0) is 4.79 Å². The molecular weight excluding hydrogens is 266 g/mol. The number of amides is 2. The molecule has 0 spiro atoms. The molecule has 0 aromatic carbocycles. The Kier molecular flexibility index (Phi) is 4.18. The van der Waals surface area contributed by atoms with Gasteiger partial charge in [0.25, 0.3) is 5.91 Å². The van der Waals surface area contributed by atoms with Gasteiger partial charge in [0.15, 0.2) is 0 Å². The number of hydrogen-bond donors (Lipinski definition) is 0. The molecule has 1 aromatic rings. The first-order valence-corrected chi connectivity index (χ1v) is 7.74. The fourth-order valence-corrected chi connectivity index (χ4v) is 3.24. The Hall–Kier alpha value is -1.91. The molecule has 1 atom stereocenters. The molecule has 2 amide bonds. The highest BCUT2D eigenvalue weighted by Gasteiger charge is 2.32. The average molecular weight is 287 g/mol. The molecule has 2 aliphatic heterocycles. The normalized spacial score (nSPS) is 22.4. The van der Waals surface area contributed by atoms with Crippen molar-refractivity contribution in [2.75, 3.05) is 26.2 Å². The fourth-order valence-electron chi connectivity index (χ4n) is 3.24. The zero-order valence-corrected chi connectivity index (χ0v) is 12.2. The number of carbonyl (C=O) groups excluding carboxylic acids is 2. The van der Waals surface area contributed by atoms with Crippen LogP contribution in [0.25, 0.3) is 0 Å². The lowest BCUT2D eigenvalue weighted by atomic mass is 9.96. The minimum absolute atomic E-state index is 0.0105. The average Bonchev–Trinajstić information content (AvgIpc) is 3.09. The third-order valence-corrected chi connectivity index (χ3v) is 4.40. The molecule has 5 nitrogen and oxygen atoms in total. The summed E-state index contributed by atoms with van der Waals surface area (Å²) in [5, 5.41) is 0. The molecule has 2 aliphatic rings. The van der Waals surface area contributed by atoms with Gasteiger partial charge in [0.2, 0.25) is 5.91 Å². The van der Waals surface area contributed by atoms with Crippen molar-refractivity contribution in [2.45, 2.75) is 25.7 Å². The minimum atomic E-state index is -0.0253. The van der Waals surface area contributed by atoms with Gasteiger partial charge in [-0.05, 0) is 37.8 Å². The second-order valence-electron chi connectivity index (χ2n) is 5.86. The first-order valence-electron chi connectivity index (χ1n) is 7.74. The van der Waals surface area contributed by atoms with Crippen molar-refractivity contribution in [2.24, 2.45) is 5.92 Å². The van der Waals surface area contributed by atoms with E-state index < -0.39 is 0 Å². The number of nitrogens with zero attached hydrogens (tertiary/aromatic N) is 3. The van der Waals surface area contributed by atoms with Crippen LogP contribution < -0.4 is 0 Å². The van der Waals surface area contributed by atoms with E-state index >= 15 is 0 Å². The van der Waals surface area contributed by atoms with Crippen LogP contribution in [0.1, 0.15) is 36.0 Å². The molecule has 3 heterocycles. The van der Waals surface area contributed by atoms with Crippen LogP contribution in [0.3, 0.4) is 0 Å². The Balaban J connectivity index is 1.65. The largest absolute Gasteiger partial charge is 0.342 e. The number of likely N-dealkylation sites (tertiary alicyclic amines) is 2. The molecule has 2 saturated heterocycles. The molecule has 3 rings (SSSR count). The van der Waals surface area contributed by atoms with E-state index in [1.165, 1.54) is 0 Å². The molecule has 5 heteroatoms. The van der Waals surface area contributed by atoms with Crippen LogP contribution in [0.5, 0.6) is 0 Å². The quantitative estimate of drug-likeness (QED) is 0.829. The van der Waals surface area contributed by atoms with Crippen LogP contribution in [0.2, 0.25) is 0 Å². The monoisotopic (exact) mass is 287 g/mol. The van der Waals surface area contributed by atoms with E-state index in [4.69, 9.17) is 0 Å². The van der Waals surface area contributed by atoms with Gasteiger partial charge in [-0.3, -0.25) is 14.6 Å². The summed E-state index contributed by atoms with van der Waals surface area (Å²) < 4.78 is 0. The number of aromatic nitrogens is 1. The van der Waals surface area contributed by atoms with Crippen molar-refractivity contribution in [3.63, 3.8) is 0 Å². The zero-order valence-electron chi connectivity index (χ0n) is 12.2. The molecule has 0 saturated carbocycles. The molecule has 0 radical (unpaired) electrons. The maximum atomic E-state index is 12.5. The molecular formula is C16H21N3O2. The standard InChI is InChI=1S/C16H21N3O2/c20-15(13-5-7-17-8-6-13)19-11-3-4-14(12-19)16(21)18-9-1-2-10-18/h5-8,14H,1-4,9-12H2/t14-/m0/s1. The van der Waals surface area contributed by atoms with Gasteiger partial charge in [0, 0.05) is 44.1 Å². The maximum Gasteiger partial charge on any atom is 0.253 e. The van der Waals surface area contributed by atoms with E-state index in [-0.39, 0.29) is 17.7 Å². The van der Waals surface area contributed by atoms with Crippen LogP contribution >= 0.6 is 0 Å². The number of hydrogen-bond acceptors (Lipinski definition) is 3. The number of piperidine rings is 1. The summed E-state index contributed by atoms with van der Waals surface area (Å²) in [5.74, 6) is 0.221. The van der Waals surface area contributed by atoms with Crippen LogP contribution in [0, 0.1) is 5.92 Å². The van der Waals surface area contributed by atoms with Gasteiger partial charge in [-0.2, -0.15) is 0 Å². The Bertz CT molecular complexity index is 512. The summed E-state index contributed by atoms with van der Waals surface area (Å²) in [5.41, 5.74) is 0.652. The predicted octanol–water partition coefficient (Wildman–Crippen LogP) is 1.56. The van der Waals surface area contributed by atoms with Gasteiger partial charge >= 0.3 is 0 Å². The highest BCUT2D eigenvalue weighted by molar-refractivity contribution is 5.94. The third kappa shape index (κ3) is 3.06. The van der Waals surface area contributed by atoms with Gasteiger partial charge in [-0.15, -0.1) is 0 Å². The molecule has 0 bridgehead atoms. The second kappa shape index (κ2) is 6.24. The first kappa shape index (κ1) is 14.0. The van der Waals surface area contributed by atoms with Crippen molar-refractivity contribution in [3.8, 4) is 0 Å². The Morgan fingerprint density at radius 3 is 2.38 bits per heavy atom. The van der Waals surface area contributed by atoms with E-state index in [9.17, 15) is 9.59 Å². The van der Waals surface area contributed by atoms with Crippen molar-refractivity contribution in [1.82, 2.24) is 14.8 Å². The van der Waals surface area contributed by atoms with Crippen LogP contribution in [-0.4, -0.2) is 52.8 Å². The van der Waals surface area contributed by atoms with Gasteiger partial charge in [-0.1, -0.05) is 0 Å². The number of rotatable bonds is 2. The van der Waals surface area contributed by atoms with Gasteiger partial charge < -0.3 is 9.80 Å². The number of pyridine rings is 1. The van der Waals surface area contributed by atoms with E-state index in [0.29, 0.717) is 12.1 Å². The predicted molar refractivity (Wildman–Crippen MR) is 78.7 cm³/mol.